The minimum absolute atomic E-state index is 0.100. The topological polar surface area (TPSA) is 81.0 Å². The number of nitrogens with zero attached hydrogens (tertiary/aromatic N) is 1. The van der Waals surface area contributed by atoms with Gasteiger partial charge in [0, 0.05) is 19.3 Å². The number of H-pyrrole nitrogens is 2. The van der Waals surface area contributed by atoms with Crippen LogP contribution in [0.15, 0.2) is 11.0 Å². The molecule has 0 bridgehead atoms. The number of aromatic amines is 2. The fourth-order valence-corrected chi connectivity index (χ4v) is 2.09. The van der Waals surface area contributed by atoms with E-state index in [2.05, 4.69) is 15.3 Å². The molecule has 1 unspecified atom stereocenters. The van der Waals surface area contributed by atoms with Gasteiger partial charge in [0.1, 0.15) is 5.69 Å². The highest BCUT2D eigenvalue weighted by Crippen LogP contribution is 2.16. The van der Waals surface area contributed by atoms with Crippen molar-refractivity contribution in [2.75, 3.05) is 26.7 Å². The first-order valence-electron chi connectivity index (χ1n) is 5.42. The van der Waals surface area contributed by atoms with E-state index in [1.54, 1.807) is 4.90 Å². The van der Waals surface area contributed by atoms with Crippen LogP contribution in [0.5, 0.6) is 0 Å². The van der Waals surface area contributed by atoms with Crippen molar-refractivity contribution >= 4 is 5.91 Å². The van der Waals surface area contributed by atoms with Gasteiger partial charge in [-0.25, -0.2) is 4.79 Å². The normalized spacial score (nSPS) is 20.3. The lowest BCUT2D eigenvalue weighted by Gasteiger charge is -2.15. The highest BCUT2D eigenvalue weighted by molar-refractivity contribution is 5.92. The molecule has 2 heterocycles. The predicted octanol–water partition coefficient (Wildman–Crippen LogP) is -0.615. The summed E-state index contributed by atoms with van der Waals surface area (Å²) >= 11 is 0. The number of hydrogen-bond donors (Lipinski definition) is 3. The molecule has 1 amide bonds. The molecule has 6 heteroatoms. The maximum Gasteiger partial charge on any atom is 0.323 e. The van der Waals surface area contributed by atoms with Crippen LogP contribution >= 0.6 is 0 Å². The van der Waals surface area contributed by atoms with E-state index in [0.29, 0.717) is 11.6 Å². The molecule has 1 aliphatic rings. The summed E-state index contributed by atoms with van der Waals surface area (Å²) in [5, 5.41) is 3.11. The number of aromatic nitrogens is 2. The number of rotatable bonds is 3. The molecule has 0 saturated carbocycles. The molecule has 0 radical (unpaired) electrons. The zero-order valence-electron chi connectivity index (χ0n) is 9.25. The fraction of sp³-hybridized carbons (Fsp3) is 0.600. The Balaban J connectivity index is 1.99. The largest absolute Gasteiger partial charge is 0.337 e. The summed E-state index contributed by atoms with van der Waals surface area (Å²) < 4.78 is 0. The van der Waals surface area contributed by atoms with Gasteiger partial charge in [-0.1, -0.05) is 0 Å². The zero-order valence-corrected chi connectivity index (χ0v) is 9.25. The Morgan fingerprint density at radius 3 is 3.12 bits per heavy atom. The highest BCUT2D eigenvalue weighted by Gasteiger charge is 2.27. The van der Waals surface area contributed by atoms with Gasteiger partial charge in [-0.2, -0.15) is 0 Å². The molecule has 1 atom stereocenters. The predicted molar refractivity (Wildman–Crippen MR) is 59.4 cm³/mol. The second-order valence-electron chi connectivity index (χ2n) is 4.12. The summed E-state index contributed by atoms with van der Waals surface area (Å²) in [6.07, 6.45) is 2.44. The first-order valence-corrected chi connectivity index (χ1v) is 5.42. The van der Waals surface area contributed by atoms with Gasteiger partial charge in [0.25, 0.3) is 5.91 Å². The maximum atomic E-state index is 11.9. The van der Waals surface area contributed by atoms with Crippen molar-refractivity contribution in [2.24, 2.45) is 5.92 Å². The SMILES string of the molecule is CNCC1CCN(C(=O)c2c[nH]c(=O)[nH]2)C1. The molecule has 0 aliphatic carbocycles. The number of hydrogen-bond acceptors (Lipinski definition) is 3. The fourth-order valence-electron chi connectivity index (χ4n) is 2.09. The van der Waals surface area contributed by atoms with Crippen LogP contribution < -0.4 is 11.0 Å². The van der Waals surface area contributed by atoms with Crippen molar-refractivity contribution in [1.29, 1.82) is 0 Å². The van der Waals surface area contributed by atoms with Crippen LogP contribution in [-0.2, 0) is 0 Å². The first-order chi connectivity index (χ1) is 7.70. The molecular formula is C10H16N4O2. The van der Waals surface area contributed by atoms with E-state index in [1.165, 1.54) is 6.20 Å². The Hall–Kier alpha value is -1.56. The summed E-state index contributed by atoms with van der Waals surface area (Å²) in [4.78, 5) is 29.5. The third-order valence-electron chi connectivity index (χ3n) is 2.89. The van der Waals surface area contributed by atoms with Crippen LogP contribution in [-0.4, -0.2) is 47.5 Å². The second-order valence-corrected chi connectivity index (χ2v) is 4.12. The molecule has 1 aliphatic heterocycles. The Morgan fingerprint density at radius 1 is 1.69 bits per heavy atom. The molecule has 1 saturated heterocycles. The summed E-state index contributed by atoms with van der Waals surface area (Å²) in [5.41, 5.74) is 0.00410. The monoisotopic (exact) mass is 224 g/mol. The number of carbonyl (C=O) groups is 1. The van der Waals surface area contributed by atoms with Gasteiger partial charge in [-0.3, -0.25) is 4.79 Å². The highest BCUT2D eigenvalue weighted by atomic mass is 16.2. The van der Waals surface area contributed by atoms with E-state index in [-0.39, 0.29) is 11.6 Å². The van der Waals surface area contributed by atoms with Crippen molar-refractivity contribution in [3.05, 3.63) is 22.4 Å². The lowest BCUT2D eigenvalue weighted by molar-refractivity contribution is 0.0782. The van der Waals surface area contributed by atoms with Crippen LogP contribution in [0.2, 0.25) is 0 Å². The smallest absolute Gasteiger partial charge is 0.323 e. The average Bonchev–Trinajstić information content (AvgIpc) is 2.87. The van der Waals surface area contributed by atoms with Crippen molar-refractivity contribution in [3.63, 3.8) is 0 Å². The van der Waals surface area contributed by atoms with Crippen LogP contribution in [0, 0.1) is 5.92 Å². The van der Waals surface area contributed by atoms with E-state index in [4.69, 9.17) is 0 Å². The number of nitrogens with one attached hydrogen (secondary N) is 3. The van der Waals surface area contributed by atoms with Crippen molar-refractivity contribution in [2.45, 2.75) is 6.42 Å². The van der Waals surface area contributed by atoms with Crippen LogP contribution in [0.4, 0.5) is 0 Å². The lowest BCUT2D eigenvalue weighted by Crippen LogP contribution is -2.30. The number of amides is 1. The van der Waals surface area contributed by atoms with Crippen LogP contribution in [0.25, 0.3) is 0 Å². The zero-order chi connectivity index (χ0) is 11.5. The van der Waals surface area contributed by atoms with E-state index >= 15 is 0 Å². The molecule has 0 spiro atoms. The van der Waals surface area contributed by atoms with E-state index in [9.17, 15) is 9.59 Å². The molecule has 16 heavy (non-hydrogen) atoms. The number of carbonyl (C=O) groups excluding carboxylic acids is 1. The van der Waals surface area contributed by atoms with Crippen molar-refractivity contribution in [1.82, 2.24) is 20.2 Å². The van der Waals surface area contributed by atoms with Gasteiger partial charge in [-0.15, -0.1) is 0 Å². The molecule has 0 aromatic carbocycles. The Bertz CT molecular complexity index is 422. The quantitative estimate of drug-likeness (QED) is 0.640. The summed E-state index contributed by atoms with van der Waals surface area (Å²) in [7, 11) is 1.91. The second kappa shape index (κ2) is 4.52. The third-order valence-corrected chi connectivity index (χ3v) is 2.89. The lowest BCUT2D eigenvalue weighted by atomic mass is 10.1. The van der Waals surface area contributed by atoms with Gasteiger partial charge in [-0.05, 0) is 25.9 Å². The average molecular weight is 224 g/mol. The van der Waals surface area contributed by atoms with Crippen molar-refractivity contribution < 1.29 is 4.79 Å². The third kappa shape index (κ3) is 2.16. The van der Waals surface area contributed by atoms with Crippen molar-refractivity contribution in [3.8, 4) is 0 Å². The van der Waals surface area contributed by atoms with E-state index in [0.717, 1.165) is 26.1 Å². The summed E-state index contributed by atoms with van der Waals surface area (Å²) in [6, 6.07) is 0. The molecule has 88 valence electrons. The Labute approximate surface area is 93.0 Å². The molecular weight excluding hydrogens is 208 g/mol. The van der Waals surface area contributed by atoms with Crippen LogP contribution in [0.1, 0.15) is 16.9 Å². The standard InChI is InChI=1S/C10H16N4O2/c1-11-4-7-2-3-14(6-7)9(15)8-5-12-10(16)13-8/h5,7,11H,2-4,6H2,1H3,(H2,12,13,16). The summed E-state index contributed by atoms with van der Waals surface area (Å²) in [6.45, 7) is 2.44. The summed E-state index contributed by atoms with van der Waals surface area (Å²) in [5.74, 6) is 0.413. The molecule has 1 aromatic heterocycles. The molecule has 1 fully saturated rings. The Morgan fingerprint density at radius 2 is 2.50 bits per heavy atom. The van der Waals surface area contributed by atoms with Gasteiger partial charge >= 0.3 is 5.69 Å². The van der Waals surface area contributed by atoms with Gasteiger partial charge in [0.05, 0.1) is 0 Å². The van der Waals surface area contributed by atoms with Gasteiger partial charge < -0.3 is 20.2 Å². The maximum absolute atomic E-state index is 11.9. The first kappa shape index (κ1) is 10.9. The molecule has 2 rings (SSSR count). The number of likely N-dealkylation sites (tertiary alicyclic amines) is 1. The van der Waals surface area contributed by atoms with E-state index < -0.39 is 0 Å². The molecule has 1 aromatic rings. The van der Waals surface area contributed by atoms with Gasteiger partial charge in [0.15, 0.2) is 0 Å². The Kier molecular flexibility index (Phi) is 3.09. The van der Waals surface area contributed by atoms with Gasteiger partial charge in [0.2, 0.25) is 0 Å². The minimum Gasteiger partial charge on any atom is -0.337 e. The minimum atomic E-state index is -0.339. The number of imidazole rings is 1. The van der Waals surface area contributed by atoms with Crippen LogP contribution in [0.3, 0.4) is 0 Å². The molecule has 3 N–H and O–H groups in total. The molecule has 6 nitrogen and oxygen atoms in total. The van der Waals surface area contributed by atoms with E-state index in [1.807, 2.05) is 7.05 Å².